The van der Waals surface area contributed by atoms with Crippen molar-refractivity contribution >= 4 is 26.5 Å². The van der Waals surface area contributed by atoms with Gasteiger partial charge < -0.3 is 5.32 Å². The van der Waals surface area contributed by atoms with Crippen molar-refractivity contribution in [2.75, 3.05) is 17.8 Å². The second-order valence-corrected chi connectivity index (χ2v) is 7.03. The lowest BCUT2D eigenvalue weighted by Gasteiger charge is -2.07. The summed E-state index contributed by atoms with van der Waals surface area (Å²) < 4.78 is 29.1. The highest BCUT2D eigenvalue weighted by molar-refractivity contribution is 7.93. The van der Waals surface area contributed by atoms with Gasteiger partial charge in [-0.05, 0) is 20.4 Å². The van der Waals surface area contributed by atoms with Crippen LogP contribution >= 0.6 is 11.3 Å². The molecule has 0 radical (unpaired) electrons. The maximum absolute atomic E-state index is 12.5. The molecule has 2 rings (SSSR count). The van der Waals surface area contributed by atoms with Gasteiger partial charge in [0.2, 0.25) is 0 Å². The number of anilines is 1. The molecule has 2 aromatic heterocycles. The van der Waals surface area contributed by atoms with E-state index in [0.29, 0.717) is 23.1 Å². The van der Waals surface area contributed by atoms with Gasteiger partial charge in [0.05, 0.1) is 17.9 Å². The zero-order valence-electron chi connectivity index (χ0n) is 12.3. The van der Waals surface area contributed by atoms with Crippen molar-refractivity contribution in [1.29, 1.82) is 0 Å². The summed E-state index contributed by atoms with van der Waals surface area (Å²) in [6, 6.07) is 0. The smallest absolute Gasteiger partial charge is 0.267 e. The van der Waals surface area contributed by atoms with Crippen LogP contribution in [0.2, 0.25) is 0 Å². The van der Waals surface area contributed by atoms with Crippen LogP contribution in [-0.2, 0) is 16.6 Å². The molecule has 21 heavy (non-hydrogen) atoms. The summed E-state index contributed by atoms with van der Waals surface area (Å²) in [5.41, 5.74) is 1.13. The number of likely N-dealkylation sites (N-methyl/N-ethyl adjacent to an activating group) is 1. The predicted octanol–water partition coefficient (Wildman–Crippen LogP) is 1.37. The van der Waals surface area contributed by atoms with Crippen molar-refractivity contribution in [2.24, 2.45) is 0 Å². The predicted molar refractivity (Wildman–Crippen MR) is 83.2 cm³/mol. The SMILES string of the molecule is CCNCCn1nc(C)c(S(=O)(=O)Nc2nccs2)c1C. The van der Waals surface area contributed by atoms with Gasteiger partial charge in [-0.25, -0.2) is 13.4 Å². The van der Waals surface area contributed by atoms with Gasteiger partial charge >= 0.3 is 0 Å². The minimum atomic E-state index is -3.66. The Labute approximate surface area is 128 Å². The van der Waals surface area contributed by atoms with Crippen LogP contribution in [0.25, 0.3) is 0 Å². The van der Waals surface area contributed by atoms with E-state index < -0.39 is 10.0 Å². The van der Waals surface area contributed by atoms with E-state index in [2.05, 4.69) is 20.1 Å². The van der Waals surface area contributed by atoms with E-state index in [9.17, 15) is 8.42 Å². The van der Waals surface area contributed by atoms with Gasteiger partial charge in [0.25, 0.3) is 10.0 Å². The third-order valence-corrected chi connectivity index (χ3v) is 5.40. The van der Waals surface area contributed by atoms with Crippen LogP contribution in [-0.4, -0.2) is 36.3 Å². The lowest BCUT2D eigenvalue weighted by molar-refractivity contribution is 0.550. The molecular formula is C12H19N5O2S2. The molecule has 0 aromatic carbocycles. The highest BCUT2D eigenvalue weighted by Gasteiger charge is 2.25. The number of aromatic nitrogens is 3. The number of hydrogen-bond acceptors (Lipinski definition) is 6. The molecule has 0 aliphatic carbocycles. The summed E-state index contributed by atoms with van der Waals surface area (Å²) in [6.07, 6.45) is 1.56. The molecule has 0 spiro atoms. The van der Waals surface area contributed by atoms with Crippen molar-refractivity contribution in [3.63, 3.8) is 0 Å². The minimum absolute atomic E-state index is 0.231. The Kier molecular flexibility index (Phi) is 4.96. The first-order valence-electron chi connectivity index (χ1n) is 6.62. The minimum Gasteiger partial charge on any atom is -0.315 e. The zero-order valence-corrected chi connectivity index (χ0v) is 13.9. The van der Waals surface area contributed by atoms with Crippen LogP contribution in [0, 0.1) is 13.8 Å². The number of sulfonamides is 1. The van der Waals surface area contributed by atoms with Gasteiger partial charge in [0.1, 0.15) is 4.90 Å². The molecular weight excluding hydrogens is 310 g/mol. The molecule has 0 fully saturated rings. The lowest BCUT2D eigenvalue weighted by Crippen LogP contribution is -2.21. The topological polar surface area (TPSA) is 88.9 Å². The molecule has 2 N–H and O–H groups in total. The van der Waals surface area contributed by atoms with Crippen molar-refractivity contribution in [3.8, 4) is 0 Å². The van der Waals surface area contributed by atoms with E-state index in [1.807, 2.05) is 6.92 Å². The third-order valence-electron chi connectivity index (χ3n) is 2.99. The summed E-state index contributed by atoms with van der Waals surface area (Å²) in [7, 11) is -3.66. The maximum atomic E-state index is 12.5. The van der Waals surface area contributed by atoms with Crippen molar-refractivity contribution < 1.29 is 8.42 Å². The molecule has 0 atom stereocenters. The second kappa shape index (κ2) is 6.54. The second-order valence-electron chi connectivity index (χ2n) is 4.52. The van der Waals surface area contributed by atoms with Gasteiger partial charge in [-0.2, -0.15) is 5.10 Å². The number of hydrogen-bond donors (Lipinski definition) is 2. The van der Waals surface area contributed by atoms with E-state index in [1.54, 1.807) is 30.1 Å². The Morgan fingerprint density at radius 1 is 1.38 bits per heavy atom. The van der Waals surface area contributed by atoms with E-state index in [4.69, 9.17) is 0 Å². The molecule has 0 aliphatic rings. The van der Waals surface area contributed by atoms with Crippen LogP contribution in [0.4, 0.5) is 5.13 Å². The van der Waals surface area contributed by atoms with Gasteiger partial charge in [-0.15, -0.1) is 11.3 Å². The molecule has 9 heteroatoms. The number of aryl methyl sites for hydroxylation is 1. The van der Waals surface area contributed by atoms with Crippen molar-refractivity contribution in [1.82, 2.24) is 20.1 Å². The van der Waals surface area contributed by atoms with E-state index in [0.717, 1.165) is 13.1 Å². The Morgan fingerprint density at radius 2 is 2.14 bits per heavy atom. The van der Waals surface area contributed by atoms with Crippen molar-refractivity contribution in [2.45, 2.75) is 32.2 Å². The Hall–Kier alpha value is -1.45. The molecule has 0 bridgehead atoms. The maximum Gasteiger partial charge on any atom is 0.267 e. The third kappa shape index (κ3) is 3.60. The fourth-order valence-electron chi connectivity index (χ4n) is 2.09. The number of thiazole rings is 1. The van der Waals surface area contributed by atoms with Crippen LogP contribution in [0.1, 0.15) is 18.3 Å². The van der Waals surface area contributed by atoms with E-state index in [1.165, 1.54) is 11.3 Å². The molecule has 0 amide bonds. The highest BCUT2D eigenvalue weighted by atomic mass is 32.2. The highest BCUT2D eigenvalue weighted by Crippen LogP contribution is 2.23. The van der Waals surface area contributed by atoms with Gasteiger partial charge in [-0.3, -0.25) is 9.40 Å². The normalized spacial score (nSPS) is 11.8. The fraction of sp³-hybridized carbons (Fsp3) is 0.500. The average molecular weight is 329 g/mol. The molecule has 0 saturated heterocycles. The first-order valence-corrected chi connectivity index (χ1v) is 8.99. The Balaban J connectivity index is 2.26. The first kappa shape index (κ1) is 15.9. The van der Waals surface area contributed by atoms with Gasteiger partial charge in [-0.1, -0.05) is 6.92 Å². The Bertz CT molecular complexity index is 692. The lowest BCUT2D eigenvalue weighted by atomic mass is 10.4. The van der Waals surface area contributed by atoms with Crippen LogP contribution in [0.5, 0.6) is 0 Å². The van der Waals surface area contributed by atoms with E-state index in [-0.39, 0.29) is 4.90 Å². The number of nitrogens with one attached hydrogen (secondary N) is 2. The molecule has 0 aliphatic heterocycles. The summed E-state index contributed by atoms with van der Waals surface area (Å²) in [4.78, 5) is 4.18. The molecule has 2 aromatic rings. The summed E-state index contributed by atoms with van der Waals surface area (Å²) >= 11 is 1.24. The Morgan fingerprint density at radius 3 is 2.76 bits per heavy atom. The zero-order chi connectivity index (χ0) is 15.5. The first-order chi connectivity index (χ1) is 9.95. The fourth-order valence-corrected chi connectivity index (χ4v) is 4.29. The molecule has 0 unspecified atom stereocenters. The number of nitrogens with zero attached hydrogens (tertiary/aromatic N) is 3. The van der Waals surface area contributed by atoms with Gasteiger partial charge in [0.15, 0.2) is 5.13 Å². The standard InChI is InChI=1S/C12H19N5O2S2/c1-4-13-5-7-17-10(3)11(9(2)15-17)21(18,19)16-12-14-6-8-20-12/h6,8,13H,4-5,7H2,1-3H3,(H,14,16). The molecule has 0 saturated carbocycles. The average Bonchev–Trinajstić information content (AvgIpc) is 2.98. The monoisotopic (exact) mass is 329 g/mol. The summed E-state index contributed by atoms with van der Waals surface area (Å²) in [5.74, 6) is 0. The number of rotatable bonds is 7. The quantitative estimate of drug-likeness (QED) is 0.749. The molecule has 7 nitrogen and oxygen atoms in total. The molecule has 116 valence electrons. The summed E-state index contributed by atoms with van der Waals surface area (Å²) in [6.45, 7) is 7.74. The largest absolute Gasteiger partial charge is 0.315 e. The van der Waals surface area contributed by atoms with Crippen LogP contribution in [0.15, 0.2) is 16.5 Å². The van der Waals surface area contributed by atoms with Crippen LogP contribution in [0.3, 0.4) is 0 Å². The van der Waals surface area contributed by atoms with E-state index >= 15 is 0 Å². The molecule has 2 heterocycles. The van der Waals surface area contributed by atoms with Crippen LogP contribution < -0.4 is 10.0 Å². The summed E-state index contributed by atoms with van der Waals surface area (Å²) in [5, 5.41) is 9.59. The van der Waals surface area contributed by atoms with Gasteiger partial charge in [0, 0.05) is 18.1 Å². The van der Waals surface area contributed by atoms with Crippen molar-refractivity contribution in [3.05, 3.63) is 23.0 Å².